The van der Waals surface area contributed by atoms with Gasteiger partial charge in [0.25, 0.3) is 5.91 Å². The van der Waals surface area contributed by atoms with E-state index >= 15 is 0 Å². The quantitative estimate of drug-likeness (QED) is 0.870. The third-order valence-electron chi connectivity index (χ3n) is 4.71. The van der Waals surface area contributed by atoms with Crippen LogP contribution in [0.15, 0.2) is 18.5 Å². The molecule has 1 fully saturated rings. The van der Waals surface area contributed by atoms with Crippen LogP contribution in [0.2, 0.25) is 0 Å². The Morgan fingerprint density at radius 3 is 2.58 bits per heavy atom. The fraction of sp³-hybridized carbons (Fsp3) is 0.588. The average molecular weight is 331 g/mol. The standard InChI is InChI=1S/C17H25N5O2/c1-10(2)14-7-15(22(4)20-14)17(24)19-16(11-5-13(23)6-11)12-8-18-21(3)9-12/h7-11,13,16,23H,5-6H2,1-4H3,(H,19,24). The van der Waals surface area contributed by atoms with Gasteiger partial charge in [0.05, 0.1) is 24.0 Å². The molecule has 3 rings (SSSR count). The molecule has 0 spiro atoms. The van der Waals surface area contributed by atoms with Gasteiger partial charge >= 0.3 is 0 Å². The Morgan fingerprint density at radius 2 is 2.08 bits per heavy atom. The predicted octanol–water partition coefficient (Wildman–Crippen LogP) is 1.52. The highest BCUT2D eigenvalue weighted by atomic mass is 16.3. The summed E-state index contributed by atoms with van der Waals surface area (Å²) in [6.07, 6.45) is 4.82. The van der Waals surface area contributed by atoms with Crippen LogP contribution < -0.4 is 5.32 Å². The van der Waals surface area contributed by atoms with Crippen molar-refractivity contribution in [3.8, 4) is 0 Å². The minimum atomic E-state index is -0.268. The van der Waals surface area contributed by atoms with Crippen molar-refractivity contribution >= 4 is 5.91 Å². The molecule has 7 nitrogen and oxygen atoms in total. The first-order chi connectivity index (χ1) is 11.3. The van der Waals surface area contributed by atoms with Gasteiger partial charge in [0.15, 0.2) is 0 Å². The van der Waals surface area contributed by atoms with Gasteiger partial charge in [-0.15, -0.1) is 0 Å². The maximum atomic E-state index is 12.8. The number of nitrogens with zero attached hydrogens (tertiary/aromatic N) is 4. The van der Waals surface area contributed by atoms with Crippen molar-refractivity contribution in [3.05, 3.63) is 35.4 Å². The molecule has 1 amide bonds. The van der Waals surface area contributed by atoms with Crippen molar-refractivity contribution in [3.63, 3.8) is 0 Å². The summed E-state index contributed by atoms with van der Waals surface area (Å²) < 4.78 is 3.35. The minimum absolute atomic E-state index is 0.146. The number of aliphatic hydroxyl groups is 1. The Morgan fingerprint density at radius 1 is 1.38 bits per heavy atom. The number of amides is 1. The molecule has 1 unspecified atom stereocenters. The van der Waals surface area contributed by atoms with E-state index in [2.05, 4.69) is 29.4 Å². The summed E-state index contributed by atoms with van der Waals surface area (Å²) in [5.74, 6) is 0.353. The van der Waals surface area contributed by atoms with Crippen LogP contribution in [0.5, 0.6) is 0 Å². The molecule has 2 N–H and O–H groups in total. The van der Waals surface area contributed by atoms with Crippen molar-refractivity contribution in [2.45, 2.75) is 44.8 Å². The molecule has 130 valence electrons. The molecule has 1 saturated carbocycles. The van der Waals surface area contributed by atoms with Crippen LogP contribution in [0, 0.1) is 5.92 Å². The minimum Gasteiger partial charge on any atom is -0.393 e. The lowest BCUT2D eigenvalue weighted by Crippen LogP contribution is -2.41. The molecule has 1 aliphatic rings. The van der Waals surface area contributed by atoms with Crippen LogP contribution in [0.1, 0.15) is 60.4 Å². The molecule has 0 saturated heterocycles. The van der Waals surface area contributed by atoms with Crippen molar-refractivity contribution in [2.24, 2.45) is 20.0 Å². The lowest BCUT2D eigenvalue weighted by Gasteiger charge is -2.37. The summed E-state index contributed by atoms with van der Waals surface area (Å²) in [4.78, 5) is 12.8. The topological polar surface area (TPSA) is 85.0 Å². The van der Waals surface area contributed by atoms with Gasteiger partial charge in [-0.3, -0.25) is 14.2 Å². The molecule has 2 heterocycles. The third kappa shape index (κ3) is 3.21. The first kappa shape index (κ1) is 16.7. The van der Waals surface area contributed by atoms with Crippen LogP contribution in [-0.2, 0) is 14.1 Å². The molecule has 2 aromatic rings. The van der Waals surface area contributed by atoms with E-state index < -0.39 is 0 Å². The van der Waals surface area contributed by atoms with Gasteiger partial charge in [0.2, 0.25) is 0 Å². The Balaban J connectivity index is 1.80. The lowest BCUT2D eigenvalue weighted by atomic mass is 9.75. The van der Waals surface area contributed by atoms with E-state index in [0.717, 1.165) is 11.3 Å². The second-order valence-electron chi connectivity index (χ2n) is 7.02. The number of aromatic nitrogens is 4. The molecule has 1 aliphatic carbocycles. The van der Waals surface area contributed by atoms with E-state index in [1.54, 1.807) is 22.6 Å². The number of carbonyl (C=O) groups is 1. The SMILES string of the molecule is CC(C)c1cc(C(=O)NC(c2cnn(C)c2)C2CC(O)C2)n(C)n1. The normalized spacial score (nSPS) is 21.6. The highest BCUT2D eigenvalue weighted by Crippen LogP contribution is 2.38. The molecule has 0 radical (unpaired) electrons. The van der Waals surface area contributed by atoms with Gasteiger partial charge in [0.1, 0.15) is 5.69 Å². The number of nitrogens with one attached hydrogen (secondary N) is 1. The first-order valence-electron chi connectivity index (χ1n) is 8.36. The van der Waals surface area contributed by atoms with E-state index in [1.165, 1.54) is 0 Å². The monoisotopic (exact) mass is 331 g/mol. The zero-order valence-electron chi connectivity index (χ0n) is 14.6. The Labute approximate surface area is 141 Å². The van der Waals surface area contributed by atoms with Crippen molar-refractivity contribution < 1.29 is 9.90 Å². The lowest BCUT2D eigenvalue weighted by molar-refractivity contribution is 0.0234. The molecule has 2 aromatic heterocycles. The number of rotatable bonds is 5. The number of hydrogen-bond acceptors (Lipinski definition) is 4. The molecule has 0 aliphatic heterocycles. The van der Waals surface area contributed by atoms with Gasteiger partial charge in [0, 0.05) is 25.9 Å². The Hall–Kier alpha value is -2.15. The smallest absolute Gasteiger partial charge is 0.270 e. The highest BCUT2D eigenvalue weighted by molar-refractivity contribution is 5.93. The molecule has 24 heavy (non-hydrogen) atoms. The van der Waals surface area contributed by atoms with Crippen molar-refractivity contribution in [1.82, 2.24) is 24.9 Å². The fourth-order valence-corrected chi connectivity index (χ4v) is 3.18. The second kappa shape index (κ2) is 6.39. The Kier molecular flexibility index (Phi) is 4.45. The second-order valence-corrected chi connectivity index (χ2v) is 7.02. The summed E-state index contributed by atoms with van der Waals surface area (Å²) >= 11 is 0. The summed E-state index contributed by atoms with van der Waals surface area (Å²) in [6.45, 7) is 4.11. The number of aryl methyl sites for hydroxylation is 2. The average Bonchev–Trinajstić information content (AvgIpc) is 3.08. The van der Waals surface area contributed by atoms with Crippen LogP contribution in [0.3, 0.4) is 0 Å². The zero-order chi connectivity index (χ0) is 17.4. The molecule has 0 aromatic carbocycles. The number of hydrogen-bond donors (Lipinski definition) is 2. The largest absolute Gasteiger partial charge is 0.393 e. The number of aliphatic hydroxyl groups excluding tert-OH is 1. The van der Waals surface area contributed by atoms with Crippen LogP contribution in [-0.4, -0.2) is 36.7 Å². The molecule has 0 bridgehead atoms. The predicted molar refractivity (Wildman–Crippen MR) is 89.4 cm³/mol. The van der Waals surface area contributed by atoms with E-state index in [9.17, 15) is 9.90 Å². The van der Waals surface area contributed by atoms with E-state index in [4.69, 9.17) is 0 Å². The summed E-state index contributed by atoms with van der Waals surface area (Å²) in [6, 6.07) is 1.70. The van der Waals surface area contributed by atoms with Gasteiger partial charge in [-0.2, -0.15) is 10.2 Å². The zero-order valence-corrected chi connectivity index (χ0v) is 14.6. The van der Waals surface area contributed by atoms with Crippen LogP contribution in [0.25, 0.3) is 0 Å². The Bertz CT molecular complexity index is 727. The van der Waals surface area contributed by atoms with Gasteiger partial charge in [-0.05, 0) is 30.7 Å². The van der Waals surface area contributed by atoms with Crippen molar-refractivity contribution in [2.75, 3.05) is 0 Å². The maximum absolute atomic E-state index is 12.8. The maximum Gasteiger partial charge on any atom is 0.270 e. The molecular weight excluding hydrogens is 306 g/mol. The number of carbonyl (C=O) groups excluding carboxylic acids is 1. The summed E-state index contributed by atoms with van der Waals surface area (Å²) in [5.41, 5.74) is 2.42. The van der Waals surface area contributed by atoms with E-state index in [-0.39, 0.29) is 29.9 Å². The van der Waals surface area contributed by atoms with E-state index in [1.807, 2.05) is 19.3 Å². The van der Waals surface area contributed by atoms with Gasteiger partial charge in [-0.25, -0.2) is 0 Å². The van der Waals surface area contributed by atoms with Crippen LogP contribution >= 0.6 is 0 Å². The third-order valence-corrected chi connectivity index (χ3v) is 4.71. The van der Waals surface area contributed by atoms with Gasteiger partial charge in [-0.1, -0.05) is 13.8 Å². The van der Waals surface area contributed by atoms with Crippen molar-refractivity contribution in [1.29, 1.82) is 0 Å². The summed E-state index contributed by atoms with van der Waals surface area (Å²) in [7, 11) is 3.64. The van der Waals surface area contributed by atoms with Gasteiger partial charge < -0.3 is 10.4 Å². The van der Waals surface area contributed by atoms with Crippen LogP contribution in [0.4, 0.5) is 0 Å². The van der Waals surface area contributed by atoms with E-state index in [0.29, 0.717) is 18.5 Å². The molecular formula is C17H25N5O2. The highest BCUT2D eigenvalue weighted by Gasteiger charge is 2.36. The first-order valence-corrected chi connectivity index (χ1v) is 8.36. The fourth-order valence-electron chi connectivity index (χ4n) is 3.18. The summed E-state index contributed by atoms with van der Waals surface area (Å²) in [5, 5.41) is 21.4. The molecule has 1 atom stereocenters. The molecule has 7 heteroatoms.